The van der Waals surface area contributed by atoms with Gasteiger partial charge in [0.15, 0.2) is 0 Å². The third kappa shape index (κ3) is 2.76. The van der Waals surface area contributed by atoms with Gasteiger partial charge in [-0.25, -0.2) is 0 Å². The summed E-state index contributed by atoms with van der Waals surface area (Å²) in [6, 6.07) is 9.14. The van der Waals surface area contributed by atoms with E-state index in [0.29, 0.717) is 6.04 Å². The lowest BCUT2D eigenvalue weighted by atomic mass is 9.96. The molecule has 0 aromatic heterocycles. The molecule has 2 atom stereocenters. The van der Waals surface area contributed by atoms with E-state index in [1.54, 1.807) is 0 Å². The van der Waals surface area contributed by atoms with Crippen molar-refractivity contribution in [1.29, 1.82) is 0 Å². The van der Waals surface area contributed by atoms with E-state index in [-0.39, 0.29) is 0 Å². The predicted molar refractivity (Wildman–Crippen MR) is 66.9 cm³/mol. The fraction of sp³-hybridized carbons (Fsp3) is 0.571. The molecular formula is C14H21NO. The number of ether oxygens (including phenoxy) is 1. The molecule has 1 N–H and O–H groups in total. The molecule has 1 aromatic rings. The van der Waals surface area contributed by atoms with Gasteiger partial charge in [-0.15, -0.1) is 0 Å². The fourth-order valence-corrected chi connectivity index (χ4v) is 2.31. The molecule has 1 fully saturated rings. The molecule has 0 radical (unpaired) electrons. The Bertz CT molecular complexity index is 320. The number of hydrogen-bond donors (Lipinski definition) is 1. The fourth-order valence-electron chi connectivity index (χ4n) is 2.31. The van der Waals surface area contributed by atoms with Crippen LogP contribution in [0.2, 0.25) is 0 Å². The van der Waals surface area contributed by atoms with Crippen LogP contribution in [0.3, 0.4) is 0 Å². The van der Waals surface area contributed by atoms with Crippen LogP contribution in [0.25, 0.3) is 0 Å². The molecule has 2 rings (SSSR count). The molecular weight excluding hydrogens is 198 g/mol. The van der Waals surface area contributed by atoms with Crippen molar-refractivity contribution in [3.63, 3.8) is 0 Å². The van der Waals surface area contributed by atoms with E-state index < -0.39 is 0 Å². The molecule has 2 unspecified atom stereocenters. The molecule has 1 heterocycles. The summed E-state index contributed by atoms with van der Waals surface area (Å²) in [4.78, 5) is 0. The molecule has 0 spiro atoms. The van der Waals surface area contributed by atoms with Crippen molar-refractivity contribution in [2.75, 3.05) is 13.2 Å². The molecule has 1 aliphatic rings. The lowest BCUT2D eigenvalue weighted by Gasteiger charge is -2.15. The van der Waals surface area contributed by atoms with Gasteiger partial charge < -0.3 is 10.1 Å². The minimum absolute atomic E-state index is 0.651. The first-order chi connectivity index (χ1) is 7.79. The topological polar surface area (TPSA) is 21.3 Å². The van der Waals surface area contributed by atoms with Crippen molar-refractivity contribution in [2.45, 2.75) is 32.7 Å². The van der Waals surface area contributed by atoms with E-state index in [4.69, 9.17) is 4.74 Å². The van der Waals surface area contributed by atoms with Gasteiger partial charge in [-0.3, -0.25) is 0 Å². The molecule has 1 aromatic carbocycles. The van der Waals surface area contributed by atoms with E-state index in [0.717, 1.165) is 24.7 Å². The number of benzene rings is 1. The highest BCUT2D eigenvalue weighted by atomic mass is 16.5. The van der Waals surface area contributed by atoms with Gasteiger partial charge in [0, 0.05) is 6.04 Å². The molecule has 0 amide bonds. The largest absolute Gasteiger partial charge is 0.494 e. The van der Waals surface area contributed by atoms with E-state index in [1.165, 1.54) is 18.5 Å². The third-order valence-corrected chi connectivity index (χ3v) is 3.38. The molecule has 0 aliphatic carbocycles. The molecule has 16 heavy (non-hydrogen) atoms. The van der Waals surface area contributed by atoms with Gasteiger partial charge in [-0.05, 0) is 49.9 Å². The Kier molecular flexibility index (Phi) is 3.83. The first-order valence-corrected chi connectivity index (χ1v) is 6.24. The van der Waals surface area contributed by atoms with Crippen molar-refractivity contribution >= 4 is 0 Å². The van der Waals surface area contributed by atoms with E-state index in [2.05, 4.69) is 36.5 Å². The summed E-state index contributed by atoms with van der Waals surface area (Å²) in [7, 11) is 0. The Morgan fingerprint density at radius 2 is 2.06 bits per heavy atom. The van der Waals surface area contributed by atoms with E-state index >= 15 is 0 Å². The van der Waals surface area contributed by atoms with Gasteiger partial charge in [0.1, 0.15) is 5.75 Å². The summed E-state index contributed by atoms with van der Waals surface area (Å²) in [5.74, 6) is 1.77. The number of rotatable bonds is 4. The van der Waals surface area contributed by atoms with Crippen LogP contribution in [0.5, 0.6) is 5.75 Å². The summed E-state index contributed by atoms with van der Waals surface area (Å²) < 4.78 is 5.44. The van der Waals surface area contributed by atoms with Crippen molar-refractivity contribution in [3.05, 3.63) is 29.8 Å². The Morgan fingerprint density at radius 3 is 2.62 bits per heavy atom. The second-order valence-electron chi connectivity index (χ2n) is 4.61. The molecule has 88 valence electrons. The molecule has 1 saturated heterocycles. The number of hydrogen-bond acceptors (Lipinski definition) is 2. The minimum atomic E-state index is 0.651. The zero-order chi connectivity index (χ0) is 11.4. The molecule has 1 aliphatic heterocycles. The van der Waals surface area contributed by atoms with Crippen LogP contribution in [-0.4, -0.2) is 19.2 Å². The van der Waals surface area contributed by atoms with Crippen LogP contribution in [0.4, 0.5) is 0 Å². The smallest absolute Gasteiger partial charge is 0.119 e. The maximum atomic E-state index is 5.44. The van der Waals surface area contributed by atoms with Gasteiger partial charge in [0.05, 0.1) is 6.61 Å². The highest BCUT2D eigenvalue weighted by molar-refractivity contribution is 5.28. The van der Waals surface area contributed by atoms with Crippen molar-refractivity contribution in [2.24, 2.45) is 5.92 Å². The number of nitrogens with one attached hydrogen (secondary N) is 1. The van der Waals surface area contributed by atoms with Crippen LogP contribution in [-0.2, 0) is 6.42 Å². The standard InChI is InChI=1S/C14H21NO/c1-3-16-13-6-4-12(5-7-13)10-14-11(2)8-9-15-14/h4-7,11,14-15H,3,8-10H2,1-2H3. The summed E-state index contributed by atoms with van der Waals surface area (Å²) in [5.41, 5.74) is 1.40. The van der Waals surface area contributed by atoms with Crippen molar-refractivity contribution in [3.8, 4) is 5.75 Å². The first kappa shape index (κ1) is 11.5. The average Bonchev–Trinajstić information content (AvgIpc) is 2.68. The lowest BCUT2D eigenvalue weighted by molar-refractivity contribution is 0.340. The zero-order valence-corrected chi connectivity index (χ0v) is 10.2. The molecule has 2 heteroatoms. The van der Waals surface area contributed by atoms with Gasteiger partial charge in [-0.1, -0.05) is 19.1 Å². The maximum Gasteiger partial charge on any atom is 0.119 e. The lowest BCUT2D eigenvalue weighted by Crippen LogP contribution is -2.27. The summed E-state index contributed by atoms with van der Waals surface area (Å²) >= 11 is 0. The SMILES string of the molecule is CCOc1ccc(CC2NCCC2C)cc1. The van der Waals surface area contributed by atoms with Crippen LogP contribution in [0.1, 0.15) is 25.8 Å². The van der Waals surface area contributed by atoms with Crippen LogP contribution in [0, 0.1) is 5.92 Å². The normalized spacial score (nSPS) is 24.6. The highest BCUT2D eigenvalue weighted by Crippen LogP contribution is 2.20. The van der Waals surface area contributed by atoms with Crippen molar-refractivity contribution in [1.82, 2.24) is 5.32 Å². The van der Waals surface area contributed by atoms with Gasteiger partial charge >= 0.3 is 0 Å². The Balaban J connectivity index is 1.94. The van der Waals surface area contributed by atoms with Gasteiger partial charge in [0.2, 0.25) is 0 Å². The summed E-state index contributed by atoms with van der Waals surface area (Å²) in [5, 5.41) is 3.56. The minimum Gasteiger partial charge on any atom is -0.494 e. The predicted octanol–water partition coefficient (Wildman–Crippen LogP) is 2.63. The average molecular weight is 219 g/mol. The van der Waals surface area contributed by atoms with Crippen LogP contribution in [0.15, 0.2) is 24.3 Å². The molecule has 2 nitrogen and oxygen atoms in total. The van der Waals surface area contributed by atoms with Crippen LogP contribution < -0.4 is 10.1 Å². The zero-order valence-electron chi connectivity index (χ0n) is 10.2. The Labute approximate surface area is 98.0 Å². The first-order valence-electron chi connectivity index (χ1n) is 6.24. The summed E-state index contributed by atoms with van der Waals surface area (Å²) in [6.45, 7) is 6.25. The van der Waals surface area contributed by atoms with Crippen LogP contribution >= 0.6 is 0 Å². The van der Waals surface area contributed by atoms with E-state index in [9.17, 15) is 0 Å². The van der Waals surface area contributed by atoms with Gasteiger partial charge in [-0.2, -0.15) is 0 Å². The third-order valence-electron chi connectivity index (χ3n) is 3.38. The van der Waals surface area contributed by atoms with E-state index in [1.807, 2.05) is 6.92 Å². The molecule has 0 saturated carbocycles. The highest BCUT2D eigenvalue weighted by Gasteiger charge is 2.22. The molecule has 0 bridgehead atoms. The summed E-state index contributed by atoms with van der Waals surface area (Å²) in [6.07, 6.45) is 2.44. The van der Waals surface area contributed by atoms with Crippen molar-refractivity contribution < 1.29 is 4.74 Å². The second-order valence-corrected chi connectivity index (χ2v) is 4.61. The van der Waals surface area contributed by atoms with Gasteiger partial charge in [0.25, 0.3) is 0 Å². The monoisotopic (exact) mass is 219 g/mol. The second kappa shape index (κ2) is 5.35. The maximum absolute atomic E-state index is 5.44. The Hall–Kier alpha value is -1.02. The quantitative estimate of drug-likeness (QED) is 0.840. The Morgan fingerprint density at radius 1 is 1.31 bits per heavy atom.